The van der Waals surface area contributed by atoms with Gasteiger partial charge in [0, 0.05) is 0 Å². The fraction of sp³-hybridized carbons (Fsp3) is 0.417. The Bertz CT molecular complexity index is 395. The molecular weight excluding hydrogens is 225 g/mol. The van der Waals surface area contributed by atoms with Crippen molar-refractivity contribution in [1.82, 2.24) is 0 Å². The number of ether oxygens (including phenoxy) is 1. The first-order valence-corrected chi connectivity index (χ1v) is 5.35. The molecule has 1 rings (SSSR count). The number of aliphatic carboxylic acids is 1. The molecule has 1 aromatic carbocycles. The molecule has 0 saturated heterocycles. The quantitative estimate of drug-likeness (QED) is 0.793. The fourth-order valence-corrected chi connectivity index (χ4v) is 1.51. The molecule has 1 unspecified atom stereocenters. The van der Waals surface area contributed by atoms with E-state index in [1.807, 2.05) is 0 Å². The topological polar surface area (TPSA) is 72.5 Å². The van der Waals surface area contributed by atoms with Gasteiger partial charge in [-0.15, -0.1) is 0 Å². The Morgan fingerprint density at radius 2 is 2.29 bits per heavy atom. The van der Waals surface area contributed by atoms with Crippen LogP contribution in [-0.4, -0.2) is 24.2 Å². The molecule has 0 heterocycles. The molecule has 0 bridgehead atoms. The van der Waals surface area contributed by atoms with Crippen LogP contribution in [0.2, 0.25) is 0 Å². The van der Waals surface area contributed by atoms with Crippen molar-refractivity contribution in [1.29, 1.82) is 0 Å². The molecule has 1 aromatic rings. The first kappa shape index (κ1) is 13.4. The molecule has 0 amide bonds. The number of carbonyl (C=O) groups is 1. The Kier molecular flexibility index (Phi) is 4.90. The molecule has 0 aliphatic carbocycles. The minimum atomic E-state index is -1.01. The highest BCUT2D eigenvalue weighted by atomic mass is 19.1. The molecule has 0 spiro atoms. The number of hydrogen-bond donors (Lipinski definition) is 2. The van der Waals surface area contributed by atoms with E-state index in [9.17, 15) is 9.18 Å². The summed E-state index contributed by atoms with van der Waals surface area (Å²) in [5.74, 6) is -1.21. The molecule has 1 atom stereocenters. The zero-order valence-corrected chi connectivity index (χ0v) is 9.65. The number of methoxy groups -OCH3 is 1. The van der Waals surface area contributed by atoms with Crippen molar-refractivity contribution in [3.63, 3.8) is 0 Å². The lowest BCUT2D eigenvalue weighted by atomic mass is 10.0. The summed E-state index contributed by atoms with van der Waals surface area (Å²) >= 11 is 0. The van der Waals surface area contributed by atoms with E-state index >= 15 is 0 Å². The van der Waals surface area contributed by atoms with Gasteiger partial charge in [-0.25, -0.2) is 4.39 Å². The van der Waals surface area contributed by atoms with Crippen molar-refractivity contribution in [3.05, 3.63) is 29.6 Å². The Labute approximate surface area is 99.2 Å². The molecule has 0 radical (unpaired) electrons. The minimum Gasteiger partial charge on any atom is -0.494 e. The smallest absolute Gasteiger partial charge is 0.320 e. The van der Waals surface area contributed by atoms with E-state index in [-0.39, 0.29) is 5.75 Å². The van der Waals surface area contributed by atoms with Gasteiger partial charge in [0.1, 0.15) is 6.04 Å². The van der Waals surface area contributed by atoms with E-state index in [0.29, 0.717) is 19.3 Å². The highest BCUT2D eigenvalue weighted by molar-refractivity contribution is 5.72. The second-order valence-electron chi connectivity index (χ2n) is 3.81. The average Bonchev–Trinajstić information content (AvgIpc) is 2.29. The van der Waals surface area contributed by atoms with E-state index < -0.39 is 17.8 Å². The van der Waals surface area contributed by atoms with Gasteiger partial charge in [-0.3, -0.25) is 4.79 Å². The second kappa shape index (κ2) is 6.20. The third-order valence-corrected chi connectivity index (χ3v) is 2.51. The summed E-state index contributed by atoms with van der Waals surface area (Å²) < 4.78 is 18.1. The van der Waals surface area contributed by atoms with Gasteiger partial charge in [-0.05, 0) is 37.0 Å². The van der Waals surface area contributed by atoms with Gasteiger partial charge in [0.05, 0.1) is 7.11 Å². The van der Waals surface area contributed by atoms with E-state index in [2.05, 4.69) is 0 Å². The molecule has 0 aliphatic heterocycles. The Balaban J connectivity index is 2.47. The van der Waals surface area contributed by atoms with Crippen LogP contribution < -0.4 is 10.5 Å². The van der Waals surface area contributed by atoms with Crippen LogP contribution in [0.1, 0.15) is 18.4 Å². The lowest BCUT2D eigenvalue weighted by Gasteiger charge is -2.07. The van der Waals surface area contributed by atoms with Gasteiger partial charge in [0.15, 0.2) is 11.6 Å². The highest BCUT2D eigenvalue weighted by Gasteiger charge is 2.10. The number of benzene rings is 1. The minimum absolute atomic E-state index is 0.205. The van der Waals surface area contributed by atoms with Crippen molar-refractivity contribution in [2.24, 2.45) is 5.73 Å². The largest absolute Gasteiger partial charge is 0.494 e. The van der Waals surface area contributed by atoms with Crippen LogP contribution >= 0.6 is 0 Å². The molecule has 5 heteroatoms. The molecule has 17 heavy (non-hydrogen) atoms. The first-order chi connectivity index (χ1) is 8.04. The SMILES string of the molecule is COc1ccc(CCCC(N)C(=O)O)cc1F. The predicted molar refractivity (Wildman–Crippen MR) is 61.5 cm³/mol. The summed E-state index contributed by atoms with van der Waals surface area (Å²) in [6.07, 6.45) is 1.59. The normalized spacial score (nSPS) is 12.2. The molecule has 0 saturated carbocycles. The molecule has 94 valence electrons. The summed E-state index contributed by atoms with van der Waals surface area (Å²) in [5.41, 5.74) is 6.17. The van der Waals surface area contributed by atoms with Gasteiger partial charge in [-0.1, -0.05) is 6.07 Å². The van der Waals surface area contributed by atoms with Crippen LogP contribution in [0.15, 0.2) is 18.2 Å². The van der Waals surface area contributed by atoms with Gasteiger partial charge < -0.3 is 15.6 Å². The maximum atomic E-state index is 13.3. The van der Waals surface area contributed by atoms with Crippen molar-refractivity contribution < 1.29 is 19.0 Å². The predicted octanol–water partition coefficient (Wildman–Crippen LogP) is 1.57. The van der Waals surface area contributed by atoms with Crippen molar-refractivity contribution in [2.75, 3.05) is 7.11 Å². The zero-order chi connectivity index (χ0) is 12.8. The third-order valence-electron chi connectivity index (χ3n) is 2.51. The van der Waals surface area contributed by atoms with Crippen molar-refractivity contribution in [3.8, 4) is 5.75 Å². The Morgan fingerprint density at radius 1 is 1.59 bits per heavy atom. The molecule has 4 nitrogen and oxygen atoms in total. The van der Waals surface area contributed by atoms with Gasteiger partial charge >= 0.3 is 5.97 Å². The number of hydrogen-bond acceptors (Lipinski definition) is 3. The molecule has 3 N–H and O–H groups in total. The molecule has 0 aromatic heterocycles. The van der Waals surface area contributed by atoms with Crippen molar-refractivity contribution >= 4 is 5.97 Å². The number of carboxylic acid groups (broad SMARTS) is 1. The lowest BCUT2D eigenvalue weighted by molar-refractivity contribution is -0.138. The summed E-state index contributed by atoms with van der Waals surface area (Å²) in [6, 6.07) is 3.86. The van der Waals surface area contributed by atoms with Crippen LogP contribution in [-0.2, 0) is 11.2 Å². The van der Waals surface area contributed by atoms with Crippen LogP contribution in [0.4, 0.5) is 4.39 Å². The summed E-state index contributed by atoms with van der Waals surface area (Å²) in [5, 5.41) is 8.59. The maximum Gasteiger partial charge on any atom is 0.320 e. The van der Waals surface area contributed by atoms with E-state index in [1.165, 1.54) is 13.2 Å². The number of halogens is 1. The molecule has 0 aliphatic rings. The number of rotatable bonds is 6. The standard InChI is InChI=1S/C12H16FNO3/c1-17-11-6-5-8(7-9(11)13)3-2-4-10(14)12(15)16/h5-7,10H,2-4,14H2,1H3,(H,15,16). The van der Waals surface area contributed by atoms with E-state index in [0.717, 1.165) is 5.56 Å². The fourth-order valence-electron chi connectivity index (χ4n) is 1.51. The Hall–Kier alpha value is -1.62. The number of aryl methyl sites for hydroxylation is 1. The summed E-state index contributed by atoms with van der Waals surface area (Å²) in [7, 11) is 1.41. The van der Waals surface area contributed by atoms with Crippen LogP contribution in [0.3, 0.4) is 0 Å². The van der Waals surface area contributed by atoms with Crippen LogP contribution in [0.25, 0.3) is 0 Å². The average molecular weight is 241 g/mol. The van der Waals surface area contributed by atoms with E-state index in [1.54, 1.807) is 12.1 Å². The summed E-state index contributed by atoms with van der Waals surface area (Å²) in [6.45, 7) is 0. The van der Waals surface area contributed by atoms with Crippen LogP contribution in [0, 0.1) is 5.82 Å². The monoisotopic (exact) mass is 241 g/mol. The number of carboxylic acids is 1. The van der Waals surface area contributed by atoms with Crippen molar-refractivity contribution in [2.45, 2.75) is 25.3 Å². The van der Waals surface area contributed by atoms with E-state index in [4.69, 9.17) is 15.6 Å². The first-order valence-electron chi connectivity index (χ1n) is 5.35. The van der Waals surface area contributed by atoms with Gasteiger partial charge in [0.2, 0.25) is 0 Å². The maximum absolute atomic E-state index is 13.3. The lowest BCUT2D eigenvalue weighted by Crippen LogP contribution is -2.29. The second-order valence-corrected chi connectivity index (χ2v) is 3.81. The third kappa shape index (κ3) is 4.03. The zero-order valence-electron chi connectivity index (χ0n) is 9.65. The van der Waals surface area contributed by atoms with Gasteiger partial charge in [0.25, 0.3) is 0 Å². The van der Waals surface area contributed by atoms with Gasteiger partial charge in [-0.2, -0.15) is 0 Å². The summed E-state index contributed by atoms with van der Waals surface area (Å²) in [4.78, 5) is 10.5. The molecule has 0 fully saturated rings. The Morgan fingerprint density at radius 3 is 2.82 bits per heavy atom. The highest BCUT2D eigenvalue weighted by Crippen LogP contribution is 2.18. The van der Waals surface area contributed by atoms with Crippen LogP contribution in [0.5, 0.6) is 5.75 Å². The molecular formula is C12H16FNO3. The number of nitrogens with two attached hydrogens (primary N) is 1.